The molecule has 1 N–H and O–H groups in total. The molecule has 158 valence electrons. The van der Waals surface area contributed by atoms with E-state index in [2.05, 4.69) is 5.32 Å². The Kier molecular flexibility index (Phi) is 5.33. The van der Waals surface area contributed by atoms with Crippen molar-refractivity contribution >= 4 is 22.6 Å². The van der Waals surface area contributed by atoms with Crippen molar-refractivity contribution in [2.45, 2.75) is 20.4 Å². The zero-order valence-corrected chi connectivity index (χ0v) is 17.4. The normalized spacial score (nSPS) is 11.0. The molecule has 0 aliphatic rings. The molecule has 0 bridgehead atoms. The zero-order chi connectivity index (χ0) is 22.1. The molecule has 2 aromatic heterocycles. The highest BCUT2D eigenvalue weighted by Crippen LogP contribution is 2.26. The van der Waals surface area contributed by atoms with E-state index in [1.54, 1.807) is 50.6 Å². The largest absolute Gasteiger partial charge is 0.497 e. The number of aromatic nitrogens is 1. The Balaban J connectivity index is 1.73. The second-order valence-electron chi connectivity index (χ2n) is 7.29. The number of methoxy groups -OCH3 is 1. The van der Waals surface area contributed by atoms with Crippen molar-refractivity contribution < 1.29 is 18.3 Å². The number of carbonyl (C=O) groups excluding carboxylic acids is 1. The Morgan fingerprint density at radius 1 is 1.16 bits per heavy atom. The highest BCUT2D eigenvalue weighted by Gasteiger charge is 2.22. The third-order valence-electron chi connectivity index (χ3n) is 5.14. The third-order valence-corrected chi connectivity index (χ3v) is 5.14. The van der Waals surface area contributed by atoms with E-state index in [-0.39, 0.29) is 28.9 Å². The van der Waals surface area contributed by atoms with Gasteiger partial charge in [-0.2, -0.15) is 0 Å². The van der Waals surface area contributed by atoms with E-state index in [0.29, 0.717) is 28.3 Å². The summed E-state index contributed by atoms with van der Waals surface area (Å²) in [4.78, 5) is 26.3. The first kappa shape index (κ1) is 20.4. The fourth-order valence-electron chi connectivity index (χ4n) is 3.58. The van der Waals surface area contributed by atoms with Gasteiger partial charge in [0, 0.05) is 11.9 Å². The molecule has 4 aromatic rings. The summed E-state index contributed by atoms with van der Waals surface area (Å²) in [6, 6.07) is 13.0. The number of nitrogens with one attached hydrogen (secondary N) is 1. The summed E-state index contributed by atoms with van der Waals surface area (Å²) < 4.78 is 25.8. The summed E-state index contributed by atoms with van der Waals surface area (Å²) in [6.07, 6.45) is 1.58. The molecule has 0 aliphatic carbocycles. The number of nitrogens with zero attached hydrogens (tertiary/aromatic N) is 1. The number of hydrogen-bond donors (Lipinski definition) is 1. The summed E-state index contributed by atoms with van der Waals surface area (Å²) in [5.41, 5.74) is 2.20. The number of amides is 1. The third kappa shape index (κ3) is 3.94. The lowest BCUT2D eigenvalue weighted by molar-refractivity contribution is 0.102. The number of rotatable bonds is 5. The second kappa shape index (κ2) is 8.10. The monoisotopic (exact) mass is 420 g/mol. The highest BCUT2D eigenvalue weighted by molar-refractivity contribution is 6.13. The second-order valence-corrected chi connectivity index (χ2v) is 7.29. The molecule has 1 amide bonds. The number of pyridine rings is 1. The first-order valence-electron chi connectivity index (χ1n) is 9.70. The van der Waals surface area contributed by atoms with E-state index in [4.69, 9.17) is 9.15 Å². The van der Waals surface area contributed by atoms with Crippen molar-refractivity contribution in [3.05, 3.63) is 93.3 Å². The van der Waals surface area contributed by atoms with E-state index in [0.717, 1.165) is 5.56 Å². The average molecular weight is 420 g/mol. The summed E-state index contributed by atoms with van der Waals surface area (Å²) >= 11 is 0. The zero-order valence-electron chi connectivity index (χ0n) is 17.4. The van der Waals surface area contributed by atoms with Gasteiger partial charge in [-0.3, -0.25) is 9.59 Å². The predicted molar refractivity (Wildman–Crippen MR) is 116 cm³/mol. The Morgan fingerprint density at radius 3 is 2.68 bits per heavy atom. The van der Waals surface area contributed by atoms with Crippen LogP contribution in [0.2, 0.25) is 0 Å². The van der Waals surface area contributed by atoms with Crippen LogP contribution in [0.1, 0.15) is 27.2 Å². The van der Waals surface area contributed by atoms with Gasteiger partial charge in [-0.05, 0) is 61.4 Å². The fourth-order valence-corrected chi connectivity index (χ4v) is 3.58. The van der Waals surface area contributed by atoms with Crippen molar-refractivity contribution in [3.8, 4) is 5.75 Å². The van der Waals surface area contributed by atoms with E-state index in [9.17, 15) is 14.0 Å². The molecule has 2 heterocycles. The van der Waals surface area contributed by atoms with Gasteiger partial charge in [-0.1, -0.05) is 12.1 Å². The minimum absolute atomic E-state index is 0.176. The van der Waals surface area contributed by atoms with E-state index in [1.165, 1.54) is 16.7 Å². The Morgan fingerprint density at radius 2 is 1.97 bits per heavy atom. The minimum atomic E-state index is -0.440. The number of ether oxygens (including phenoxy) is 1. The smallest absolute Gasteiger partial charge is 0.262 e. The summed E-state index contributed by atoms with van der Waals surface area (Å²) in [5.74, 6) is 0.214. The molecular weight excluding hydrogens is 399 g/mol. The number of carbonyl (C=O) groups is 1. The summed E-state index contributed by atoms with van der Waals surface area (Å²) in [5, 5.41) is 3.04. The Bertz CT molecular complexity index is 1350. The van der Waals surface area contributed by atoms with Gasteiger partial charge in [0.25, 0.3) is 11.5 Å². The van der Waals surface area contributed by atoms with E-state index >= 15 is 0 Å². The van der Waals surface area contributed by atoms with Crippen molar-refractivity contribution in [2.75, 3.05) is 12.4 Å². The van der Waals surface area contributed by atoms with Crippen LogP contribution in [0.5, 0.6) is 5.75 Å². The molecule has 0 spiro atoms. The molecule has 0 saturated carbocycles. The number of benzene rings is 2. The SMILES string of the molecule is COc1ccc(NC(=O)c2c(C)oc3ccn(Cc4cccc(F)c4)c(=O)c23)c(C)c1. The molecule has 0 unspecified atom stereocenters. The first-order chi connectivity index (χ1) is 14.9. The van der Waals surface area contributed by atoms with Crippen LogP contribution in [0.15, 0.2) is 63.9 Å². The van der Waals surface area contributed by atoms with Gasteiger partial charge in [-0.15, -0.1) is 0 Å². The van der Waals surface area contributed by atoms with Gasteiger partial charge >= 0.3 is 0 Å². The lowest BCUT2D eigenvalue weighted by Crippen LogP contribution is -2.22. The van der Waals surface area contributed by atoms with Crippen LogP contribution in [-0.4, -0.2) is 17.6 Å². The fraction of sp³-hybridized carbons (Fsp3) is 0.167. The van der Waals surface area contributed by atoms with Crippen LogP contribution < -0.4 is 15.6 Å². The summed E-state index contributed by atoms with van der Waals surface area (Å²) in [6.45, 7) is 3.67. The van der Waals surface area contributed by atoms with E-state index < -0.39 is 5.91 Å². The summed E-state index contributed by atoms with van der Waals surface area (Å²) in [7, 11) is 1.57. The van der Waals surface area contributed by atoms with Crippen molar-refractivity contribution in [1.29, 1.82) is 0 Å². The number of anilines is 1. The molecule has 0 aliphatic heterocycles. The van der Waals surface area contributed by atoms with Gasteiger partial charge in [0.1, 0.15) is 22.9 Å². The number of hydrogen-bond acceptors (Lipinski definition) is 4. The topological polar surface area (TPSA) is 73.5 Å². The van der Waals surface area contributed by atoms with Crippen molar-refractivity contribution in [2.24, 2.45) is 0 Å². The van der Waals surface area contributed by atoms with Crippen LogP contribution >= 0.6 is 0 Å². The lowest BCUT2D eigenvalue weighted by Gasteiger charge is -2.10. The Hall–Kier alpha value is -3.87. The molecular formula is C24H21FN2O4. The van der Waals surface area contributed by atoms with Crippen molar-refractivity contribution in [1.82, 2.24) is 4.57 Å². The van der Waals surface area contributed by atoms with Crippen LogP contribution in [0.4, 0.5) is 10.1 Å². The van der Waals surface area contributed by atoms with E-state index in [1.807, 2.05) is 13.0 Å². The van der Waals surface area contributed by atoms with Crippen LogP contribution in [0.25, 0.3) is 11.0 Å². The maximum absolute atomic E-state index is 13.5. The molecule has 0 atom stereocenters. The molecule has 0 fully saturated rings. The van der Waals surface area contributed by atoms with Crippen LogP contribution in [-0.2, 0) is 6.54 Å². The maximum Gasteiger partial charge on any atom is 0.262 e. The van der Waals surface area contributed by atoms with Crippen molar-refractivity contribution in [3.63, 3.8) is 0 Å². The molecule has 7 heteroatoms. The molecule has 4 rings (SSSR count). The predicted octanol–water partition coefficient (Wildman–Crippen LogP) is 4.66. The molecule has 0 radical (unpaired) electrons. The molecule has 6 nitrogen and oxygen atoms in total. The minimum Gasteiger partial charge on any atom is -0.497 e. The molecule has 2 aromatic carbocycles. The molecule has 0 saturated heterocycles. The average Bonchev–Trinajstić information content (AvgIpc) is 3.08. The number of aryl methyl sites for hydroxylation is 2. The van der Waals surface area contributed by atoms with Gasteiger partial charge in [-0.25, -0.2) is 4.39 Å². The van der Waals surface area contributed by atoms with Gasteiger partial charge in [0.05, 0.1) is 24.6 Å². The maximum atomic E-state index is 13.5. The number of halogens is 1. The van der Waals surface area contributed by atoms with Gasteiger partial charge in [0.15, 0.2) is 0 Å². The van der Waals surface area contributed by atoms with Crippen LogP contribution in [0, 0.1) is 19.7 Å². The van der Waals surface area contributed by atoms with Gasteiger partial charge in [0.2, 0.25) is 0 Å². The lowest BCUT2D eigenvalue weighted by atomic mass is 10.1. The Labute approximate surface area is 177 Å². The van der Waals surface area contributed by atoms with Gasteiger partial charge < -0.3 is 19.0 Å². The molecule has 31 heavy (non-hydrogen) atoms. The van der Waals surface area contributed by atoms with Crippen LogP contribution in [0.3, 0.4) is 0 Å². The standard InChI is InChI=1S/C24H21FN2O4/c1-14-11-18(30-3)7-8-19(14)26-23(28)21-15(2)31-20-9-10-27(24(29)22(20)21)13-16-5-4-6-17(25)12-16/h4-12H,13H2,1-3H3,(H,26,28). The number of fused-ring (bicyclic) bond motifs is 1. The first-order valence-corrected chi connectivity index (χ1v) is 9.70. The number of furan rings is 1. The highest BCUT2D eigenvalue weighted by atomic mass is 19.1. The quantitative estimate of drug-likeness (QED) is 0.510.